The summed E-state index contributed by atoms with van der Waals surface area (Å²) in [5.41, 5.74) is 2.69. The summed E-state index contributed by atoms with van der Waals surface area (Å²) < 4.78 is 3.51. The van der Waals surface area contributed by atoms with E-state index in [0.29, 0.717) is 48.9 Å². The van der Waals surface area contributed by atoms with Gasteiger partial charge in [-0.2, -0.15) is 0 Å². The third kappa shape index (κ3) is 8.11. The van der Waals surface area contributed by atoms with Gasteiger partial charge >= 0.3 is 0 Å². The van der Waals surface area contributed by atoms with Gasteiger partial charge in [-0.25, -0.2) is 0 Å². The van der Waals surface area contributed by atoms with Crippen molar-refractivity contribution in [2.75, 3.05) is 39.4 Å². The molecule has 8 aliphatic rings. The van der Waals surface area contributed by atoms with Gasteiger partial charge in [0, 0.05) is 112 Å². The molecule has 6 aliphatic heterocycles. The number of amides is 4. The Hall–Kier alpha value is -4.82. The lowest BCUT2D eigenvalue weighted by Gasteiger charge is -2.36. The first-order valence-electron chi connectivity index (χ1n) is 24.2. The summed E-state index contributed by atoms with van der Waals surface area (Å²) in [7, 11) is 0. The van der Waals surface area contributed by atoms with Crippen LogP contribution in [0.5, 0.6) is 0 Å². The first-order valence-corrected chi connectivity index (χ1v) is 24.2. The van der Waals surface area contributed by atoms with Gasteiger partial charge in [0.1, 0.15) is 12.1 Å². The van der Waals surface area contributed by atoms with E-state index in [1.165, 1.54) is 0 Å². The van der Waals surface area contributed by atoms with Crippen LogP contribution in [0.1, 0.15) is 125 Å². The largest absolute Gasteiger partial charge is 0.396 e. The number of hydrogen-bond acceptors (Lipinski definition) is 8. The van der Waals surface area contributed by atoms with Crippen LogP contribution < -0.4 is 11.1 Å². The van der Waals surface area contributed by atoms with Gasteiger partial charge in [-0.3, -0.25) is 28.8 Å². The number of hydrogen-bond donors (Lipinski definition) is 2. The number of allylic oxidation sites excluding steroid dienone is 2. The third-order valence-electron chi connectivity index (χ3n) is 15.6. The fraction of sp³-hybridized carbons (Fsp3) is 0.640. The maximum Gasteiger partial charge on any atom is 0.258 e. The molecule has 0 spiro atoms. The molecule has 344 valence electrons. The molecule has 0 radical (unpaired) electrons. The van der Waals surface area contributed by atoms with Crippen LogP contribution >= 0.6 is 0 Å². The predicted octanol–water partition coefficient (Wildman–Crippen LogP) is 4.37. The molecule has 2 aliphatic carbocycles. The van der Waals surface area contributed by atoms with Crippen LogP contribution in [0.25, 0.3) is 12.2 Å². The normalized spacial score (nSPS) is 29.4. The average Bonchev–Trinajstić information content (AvgIpc) is 4.17. The molecule has 6 fully saturated rings. The second-order valence-corrected chi connectivity index (χ2v) is 19.7. The van der Waals surface area contributed by atoms with Gasteiger partial charge in [0.25, 0.3) is 11.1 Å². The van der Waals surface area contributed by atoms with Crippen LogP contribution in [0.2, 0.25) is 0 Å². The summed E-state index contributed by atoms with van der Waals surface area (Å²) in [4.78, 5) is 87.9. The Labute approximate surface area is 375 Å². The van der Waals surface area contributed by atoms with Crippen molar-refractivity contribution in [3.63, 3.8) is 0 Å². The summed E-state index contributed by atoms with van der Waals surface area (Å²) in [6.07, 6.45) is 18.6. The number of nitrogens with zero attached hydrogens (tertiary/aromatic N) is 6. The number of carbonyl (C=O) groups is 4. The molecule has 14 heteroatoms. The molecule has 0 bridgehead atoms. The van der Waals surface area contributed by atoms with Crippen LogP contribution in [-0.4, -0.2) is 114 Å². The zero-order valence-electron chi connectivity index (χ0n) is 37.6. The number of aromatic nitrogens is 2. The van der Waals surface area contributed by atoms with Crippen LogP contribution in [0, 0.1) is 35.5 Å². The molecule has 10 rings (SSSR count). The summed E-state index contributed by atoms with van der Waals surface area (Å²) >= 11 is 0. The maximum absolute atomic E-state index is 13.7. The summed E-state index contributed by atoms with van der Waals surface area (Å²) in [5, 5.41) is 20.8. The lowest BCUT2D eigenvalue weighted by molar-refractivity contribution is -0.148. The van der Waals surface area contributed by atoms with E-state index >= 15 is 0 Å². The minimum absolute atomic E-state index is 0.00719. The van der Waals surface area contributed by atoms with Crippen molar-refractivity contribution in [1.82, 2.24) is 28.7 Å². The molecule has 2 aromatic heterocycles. The van der Waals surface area contributed by atoms with Gasteiger partial charge in [0.15, 0.2) is 0 Å². The number of piperidine rings is 2. The van der Waals surface area contributed by atoms with E-state index in [2.05, 4.69) is 0 Å². The number of aliphatic hydroxyl groups excluding tert-OH is 2. The Kier molecular flexibility index (Phi) is 12.9. The zero-order valence-corrected chi connectivity index (χ0v) is 37.6. The van der Waals surface area contributed by atoms with Gasteiger partial charge in [0.2, 0.25) is 23.6 Å². The Morgan fingerprint density at radius 1 is 0.578 bits per heavy atom. The van der Waals surface area contributed by atoms with Crippen LogP contribution in [0.15, 0.2) is 46.0 Å². The van der Waals surface area contributed by atoms with E-state index in [4.69, 9.17) is 0 Å². The van der Waals surface area contributed by atoms with Crippen molar-refractivity contribution in [1.29, 1.82) is 0 Å². The second kappa shape index (κ2) is 18.6. The quantitative estimate of drug-likeness (QED) is 0.356. The van der Waals surface area contributed by atoms with E-state index in [9.17, 15) is 39.0 Å². The van der Waals surface area contributed by atoms with Crippen molar-refractivity contribution >= 4 is 35.8 Å². The predicted molar refractivity (Wildman–Crippen MR) is 241 cm³/mol. The lowest BCUT2D eigenvalue weighted by atomic mass is 9.88. The molecule has 8 heterocycles. The molecule has 0 unspecified atom stereocenters. The fourth-order valence-electron chi connectivity index (χ4n) is 12.1. The van der Waals surface area contributed by atoms with Gasteiger partial charge in [-0.05, 0) is 114 Å². The monoisotopic (exact) mass is 878 g/mol. The summed E-state index contributed by atoms with van der Waals surface area (Å²) in [6, 6.07) is 5.55. The minimum Gasteiger partial charge on any atom is -0.396 e. The minimum atomic E-state index is -0.640. The topological polar surface area (TPSA) is 166 Å². The highest BCUT2D eigenvalue weighted by Gasteiger charge is 2.60. The van der Waals surface area contributed by atoms with Crippen molar-refractivity contribution in [2.45, 2.75) is 128 Å². The van der Waals surface area contributed by atoms with Gasteiger partial charge in [0.05, 0.1) is 12.1 Å². The molecule has 4 amide bonds. The van der Waals surface area contributed by atoms with Crippen LogP contribution in [0.4, 0.5) is 0 Å². The number of carbonyl (C=O) groups excluding carboxylic acids is 4. The molecular formula is C50H66N6O8. The first-order chi connectivity index (χ1) is 31.1. The zero-order chi connectivity index (χ0) is 44.8. The SMILES string of the molecule is C/C=C/c1ccc2n(c1=O)C[C@@H]1[C@@H](CO)[C@H](C(=O)N3CCCCC3)N(C(=O)CC3CC3)[C@H]21.C/C=C\c1ccc2n(c1=O)C[C@@H]1[C@@H](CO)[C@H](C(=O)N3CCCCC3)N(C(=O)CC3CC3)[C@H]21. The summed E-state index contributed by atoms with van der Waals surface area (Å²) in [6.45, 7) is 7.18. The van der Waals surface area contributed by atoms with Gasteiger partial charge < -0.3 is 38.9 Å². The smallest absolute Gasteiger partial charge is 0.258 e. The Balaban J connectivity index is 0.000000162. The third-order valence-corrected chi connectivity index (χ3v) is 15.6. The number of rotatable bonds is 10. The lowest BCUT2D eigenvalue weighted by Crippen LogP contribution is -2.52. The van der Waals surface area contributed by atoms with E-state index in [-0.39, 0.29) is 83.7 Å². The molecule has 8 atom stereocenters. The highest BCUT2D eigenvalue weighted by Crippen LogP contribution is 2.52. The number of aliphatic hydroxyl groups is 2. The molecule has 2 N–H and O–H groups in total. The van der Waals surface area contributed by atoms with Crippen molar-refractivity contribution in [3.8, 4) is 0 Å². The molecule has 2 saturated carbocycles. The fourth-order valence-corrected chi connectivity index (χ4v) is 12.1. The second-order valence-electron chi connectivity index (χ2n) is 19.7. The Bertz CT molecular complexity index is 2140. The molecule has 0 aromatic carbocycles. The van der Waals surface area contributed by atoms with E-state index in [1.54, 1.807) is 31.1 Å². The highest BCUT2D eigenvalue weighted by molar-refractivity contribution is 5.90. The Morgan fingerprint density at radius 3 is 1.28 bits per heavy atom. The molecular weight excluding hydrogens is 813 g/mol. The first kappa shape index (κ1) is 44.4. The van der Waals surface area contributed by atoms with Crippen molar-refractivity contribution in [2.24, 2.45) is 35.5 Å². The summed E-state index contributed by atoms with van der Waals surface area (Å²) in [5.74, 6) is -0.237. The van der Waals surface area contributed by atoms with E-state index in [1.807, 2.05) is 60.1 Å². The number of likely N-dealkylation sites (tertiary alicyclic amines) is 4. The van der Waals surface area contributed by atoms with Crippen molar-refractivity contribution in [3.05, 3.63) is 79.6 Å². The van der Waals surface area contributed by atoms with E-state index < -0.39 is 12.1 Å². The Morgan fingerprint density at radius 2 is 0.953 bits per heavy atom. The molecule has 64 heavy (non-hydrogen) atoms. The van der Waals surface area contributed by atoms with Crippen molar-refractivity contribution < 1.29 is 29.4 Å². The van der Waals surface area contributed by atoms with Crippen LogP contribution in [-0.2, 0) is 32.3 Å². The molecule has 14 nitrogen and oxygen atoms in total. The average molecular weight is 879 g/mol. The van der Waals surface area contributed by atoms with Gasteiger partial charge in [-0.15, -0.1) is 0 Å². The van der Waals surface area contributed by atoms with E-state index in [0.717, 1.165) is 102 Å². The molecule has 4 saturated heterocycles. The van der Waals surface area contributed by atoms with Crippen LogP contribution in [0.3, 0.4) is 0 Å². The number of fused-ring (bicyclic) bond motifs is 6. The maximum atomic E-state index is 13.7. The molecule has 2 aromatic rings. The highest BCUT2D eigenvalue weighted by atomic mass is 16.3. The van der Waals surface area contributed by atoms with Gasteiger partial charge in [-0.1, -0.05) is 24.3 Å². The number of pyridine rings is 2. The standard InChI is InChI=1S/2C25H33N3O4/c2*1-2-6-17-9-10-20-22-18(14-27(20)24(17)31)19(15-29)23(25(32)26-11-4-3-5-12-26)28(22)21(30)13-16-7-8-16/h2*2,6,9-10,16,18-19,22-23,29H,3-5,7-8,11-15H2,1H3/b6-2+;6-2-/t2*18-,19-,22+,23-/m11/s1.